The molecule has 0 aliphatic carbocycles. The molecule has 2 rings (SSSR count). The van der Waals surface area contributed by atoms with Crippen LogP contribution >= 0.6 is 11.6 Å². The van der Waals surface area contributed by atoms with Crippen molar-refractivity contribution in [2.75, 3.05) is 13.6 Å². The summed E-state index contributed by atoms with van der Waals surface area (Å²) in [5.74, 6) is 0.687. The monoisotopic (exact) mass is 372 g/mol. The summed E-state index contributed by atoms with van der Waals surface area (Å²) in [6, 6.07) is 13.9. The fraction of sp³-hybridized carbons (Fsp3) is 0.263. The summed E-state index contributed by atoms with van der Waals surface area (Å²) in [7, 11) is 1.39. The largest absolute Gasteiger partial charge is 0.366 e. The highest BCUT2D eigenvalue weighted by atomic mass is 35.5. The number of nitriles is 1. The zero-order valence-electron chi connectivity index (χ0n) is 14.6. The smallest absolute Gasteiger partial charge is 0.212 e. The maximum Gasteiger partial charge on any atom is 0.212 e. The molecule has 0 heterocycles. The molecule has 0 aliphatic heterocycles. The number of aryl methyl sites for hydroxylation is 1. The van der Waals surface area contributed by atoms with E-state index in [9.17, 15) is 0 Å². The third kappa shape index (κ3) is 5.42. The molecule has 0 aromatic heterocycles. The zero-order chi connectivity index (χ0) is 18.2. The van der Waals surface area contributed by atoms with Crippen LogP contribution in [0, 0.1) is 18.4 Å². The van der Waals surface area contributed by atoms with Crippen molar-refractivity contribution >= 4 is 34.3 Å². The summed E-state index contributed by atoms with van der Waals surface area (Å²) in [6.07, 6.45) is 3.72. The predicted octanol–water partition coefficient (Wildman–Crippen LogP) is 5.10. The molecular formula is C19H21ClN4S. The van der Waals surface area contributed by atoms with Crippen LogP contribution in [0.15, 0.2) is 56.7 Å². The molecule has 0 saturated heterocycles. The lowest BCUT2D eigenvalue weighted by molar-refractivity contribution is 0.552. The van der Waals surface area contributed by atoms with Gasteiger partial charge in [0.25, 0.3) is 0 Å². The summed E-state index contributed by atoms with van der Waals surface area (Å²) in [6.45, 7) is 4.94. The van der Waals surface area contributed by atoms with Gasteiger partial charge in [-0.25, -0.2) is 4.99 Å². The molecule has 0 radical (unpaired) electrons. The first kappa shape index (κ1) is 19.2. The Hall–Kier alpha value is -2.16. The van der Waals surface area contributed by atoms with Gasteiger partial charge < -0.3 is 4.90 Å². The van der Waals surface area contributed by atoms with Gasteiger partial charge in [0.2, 0.25) is 6.19 Å². The van der Waals surface area contributed by atoms with Crippen molar-refractivity contribution in [2.24, 2.45) is 9.36 Å². The lowest BCUT2D eigenvalue weighted by Gasteiger charge is -2.13. The van der Waals surface area contributed by atoms with Crippen LogP contribution in [-0.4, -0.2) is 24.8 Å². The Bertz CT molecular complexity index is 825. The third-order valence-corrected chi connectivity index (χ3v) is 5.85. The molecule has 25 heavy (non-hydrogen) atoms. The summed E-state index contributed by atoms with van der Waals surface area (Å²) < 4.78 is 4.14. The fourth-order valence-corrected chi connectivity index (χ4v) is 4.07. The van der Waals surface area contributed by atoms with E-state index in [4.69, 9.17) is 16.9 Å². The van der Waals surface area contributed by atoms with Crippen molar-refractivity contribution in [1.29, 1.82) is 5.26 Å². The molecule has 0 aliphatic rings. The van der Waals surface area contributed by atoms with Crippen molar-refractivity contribution in [3.63, 3.8) is 0 Å². The summed E-state index contributed by atoms with van der Waals surface area (Å²) >= 11 is 6.42. The summed E-state index contributed by atoms with van der Waals surface area (Å²) in [5.41, 5.74) is 2.91. The quantitative estimate of drug-likeness (QED) is 0.402. The number of aliphatic imine (C=N–C) groups is 1. The number of nitrogens with zero attached hydrogens (tertiary/aromatic N) is 4. The minimum absolute atomic E-state index is 0.566. The van der Waals surface area contributed by atoms with Gasteiger partial charge in [-0.2, -0.15) is 5.26 Å². The van der Waals surface area contributed by atoms with Gasteiger partial charge >= 0.3 is 0 Å². The van der Waals surface area contributed by atoms with Gasteiger partial charge in [-0.1, -0.05) is 41.9 Å². The Morgan fingerprint density at radius 2 is 2.00 bits per heavy atom. The van der Waals surface area contributed by atoms with Crippen molar-refractivity contribution in [3.05, 3.63) is 58.6 Å². The predicted molar refractivity (Wildman–Crippen MR) is 106 cm³/mol. The first-order valence-corrected chi connectivity index (χ1v) is 9.67. The lowest BCUT2D eigenvalue weighted by atomic mass is 10.2. The maximum absolute atomic E-state index is 9.09. The Balaban J connectivity index is 2.36. The van der Waals surface area contributed by atoms with Gasteiger partial charge in [0.1, 0.15) is 0 Å². The van der Waals surface area contributed by atoms with E-state index < -0.39 is 10.7 Å². The summed E-state index contributed by atoms with van der Waals surface area (Å²) in [4.78, 5) is 7.41. The molecule has 130 valence electrons. The first-order valence-electron chi connectivity index (χ1n) is 7.94. The molecule has 0 N–H and O–H groups in total. The number of rotatable bonds is 6. The number of benzene rings is 2. The van der Waals surface area contributed by atoms with Crippen LogP contribution in [0.4, 0.5) is 5.69 Å². The van der Waals surface area contributed by atoms with Gasteiger partial charge in [-0.3, -0.25) is 0 Å². The molecule has 0 spiro atoms. The average Bonchev–Trinajstić information content (AvgIpc) is 2.62. The van der Waals surface area contributed by atoms with Gasteiger partial charge in [-0.05, 0) is 47.8 Å². The van der Waals surface area contributed by atoms with E-state index in [0.29, 0.717) is 10.8 Å². The standard InChI is InChI=1S/C19H21ClN4S/c1-4-24(3)14-22-18-10-15(2)19(11-17(18)20)25(23-13-21)12-16-8-6-5-7-9-16/h5-11,14H,4,12H2,1-3H3/b22-14-. The highest BCUT2D eigenvalue weighted by Crippen LogP contribution is 2.31. The molecule has 2 aromatic rings. The van der Waals surface area contributed by atoms with E-state index in [1.54, 1.807) is 6.34 Å². The second-order valence-corrected chi connectivity index (χ2v) is 7.62. The van der Waals surface area contributed by atoms with Crippen LogP contribution < -0.4 is 0 Å². The molecule has 1 unspecified atom stereocenters. The highest BCUT2D eigenvalue weighted by Gasteiger charge is 2.11. The van der Waals surface area contributed by atoms with Crippen LogP contribution in [0.1, 0.15) is 18.1 Å². The third-order valence-electron chi connectivity index (χ3n) is 3.69. The van der Waals surface area contributed by atoms with E-state index in [1.807, 2.05) is 67.5 Å². The molecule has 1 atom stereocenters. The Labute approximate surface area is 156 Å². The van der Waals surface area contributed by atoms with E-state index in [2.05, 4.69) is 16.3 Å². The molecule has 0 amide bonds. The molecular weight excluding hydrogens is 352 g/mol. The molecule has 0 saturated carbocycles. The number of hydrogen-bond donors (Lipinski definition) is 0. The normalized spacial score (nSPS) is 12.3. The van der Waals surface area contributed by atoms with Crippen molar-refractivity contribution < 1.29 is 0 Å². The minimum atomic E-state index is -0.566. The van der Waals surface area contributed by atoms with E-state index in [-0.39, 0.29) is 0 Å². The van der Waals surface area contributed by atoms with Gasteiger partial charge in [-0.15, -0.1) is 4.36 Å². The molecule has 0 bridgehead atoms. The van der Waals surface area contributed by atoms with Crippen LogP contribution in [0.25, 0.3) is 0 Å². The average molecular weight is 373 g/mol. The molecule has 2 aromatic carbocycles. The van der Waals surface area contributed by atoms with Crippen molar-refractivity contribution in [3.8, 4) is 6.19 Å². The minimum Gasteiger partial charge on any atom is -0.366 e. The zero-order valence-corrected chi connectivity index (χ0v) is 16.2. The molecule has 6 heteroatoms. The maximum atomic E-state index is 9.09. The second-order valence-electron chi connectivity index (χ2n) is 5.57. The Kier molecular flexibility index (Phi) is 7.17. The van der Waals surface area contributed by atoms with Gasteiger partial charge in [0.05, 0.1) is 17.0 Å². The SMILES string of the molecule is CCN(C)/C=N\c1cc(C)c(/S(Cc2ccccc2)=N\C#N)cc1Cl. The Morgan fingerprint density at radius 3 is 2.64 bits per heavy atom. The van der Waals surface area contributed by atoms with E-state index >= 15 is 0 Å². The molecule has 4 nitrogen and oxygen atoms in total. The lowest BCUT2D eigenvalue weighted by Crippen LogP contribution is -2.14. The van der Waals surface area contributed by atoms with Crippen LogP contribution in [0.3, 0.4) is 0 Å². The summed E-state index contributed by atoms with van der Waals surface area (Å²) in [5, 5.41) is 9.66. The number of hydrogen-bond acceptors (Lipinski definition) is 3. The first-order chi connectivity index (χ1) is 12.0. The Morgan fingerprint density at radius 1 is 1.28 bits per heavy atom. The van der Waals surface area contributed by atoms with E-state index in [0.717, 1.165) is 28.3 Å². The topological polar surface area (TPSA) is 51.8 Å². The number of halogens is 1. The van der Waals surface area contributed by atoms with Crippen molar-refractivity contribution in [1.82, 2.24) is 4.90 Å². The highest BCUT2D eigenvalue weighted by molar-refractivity contribution is 7.86. The second kappa shape index (κ2) is 9.36. The molecule has 0 fully saturated rings. The van der Waals surface area contributed by atoms with Crippen LogP contribution in [0.2, 0.25) is 5.02 Å². The van der Waals surface area contributed by atoms with Crippen molar-refractivity contribution in [2.45, 2.75) is 24.5 Å². The van der Waals surface area contributed by atoms with Gasteiger partial charge in [0.15, 0.2) is 0 Å². The van der Waals surface area contributed by atoms with Crippen LogP contribution in [0.5, 0.6) is 0 Å². The van der Waals surface area contributed by atoms with Crippen LogP contribution in [-0.2, 0) is 16.4 Å². The van der Waals surface area contributed by atoms with E-state index in [1.165, 1.54) is 0 Å². The van der Waals surface area contributed by atoms with Gasteiger partial charge in [0, 0.05) is 24.2 Å². The fourth-order valence-electron chi connectivity index (χ4n) is 2.18.